The van der Waals surface area contributed by atoms with Crippen LogP contribution in [-0.2, 0) is 0 Å². The van der Waals surface area contributed by atoms with Crippen LogP contribution in [0, 0.1) is 12.3 Å². The summed E-state index contributed by atoms with van der Waals surface area (Å²) in [7, 11) is 0. The predicted molar refractivity (Wildman–Crippen MR) is 98.9 cm³/mol. The molecule has 1 aromatic heterocycles. The minimum Gasteiger partial charge on any atom is -0.349 e. The zero-order chi connectivity index (χ0) is 17.4. The van der Waals surface area contributed by atoms with Gasteiger partial charge in [-0.05, 0) is 60.7 Å². The molecular weight excluding hydrogens is 332 g/mol. The van der Waals surface area contributed by atoms with E-state index in [1.807, 2.05) is 53.6 Å². The first-order chi connectivity index (χ1) is 12.1. The van der Waals surface area contributed by atoms with E-state index in [1.165, 1.54) is 11.3 Å². The van der Waals surface area contributed by atoms with Gasteiger partial charge in [0.1, 0.15) is 0 Å². The third-order valence-corrected chi connectivity index (χ3v) is 6.64. The molecule has 4 nitrogen and oxygen atoms in total. The first-order valence-corrected chi connectivity index (χ1v) is 9.66. The number of aryl methyl sites for hydroxylation is 1. The van der Waals surface area contributed by atoms with Crippen molar-refractivity contribution in [3.8, 4) is 0 Å². The molecule has 2 heterocycles. The highest BCUT2D eigenvalue weighted by Gasteiger charge is 2.56. The summed E-state index contributed by atoms with van der Waals surface area (Å²) in [5.74, 6) is 0.170. The van der Waals surface area contributed by atoms with E-state index in [1.54, 1.807) is 0 Å². The van der Waals surface area contributed by atoms with E-state index in [4.69, 9.17) is 0 Å². The monoisotopic (exact) mass is 354 g/mol. The summed E-state index contributed by atoms with van der Waals surface area (Å²) in [6, 6.07) is 11.6. The van der Waals surface area contributed by atoms with E-state index in [9.17, 15) is 9.59 Å². The number of likely N-dealkylation sites (tertiary alicyclic amines) is 1. The molecule has 2 fully saturated rings. The maximum atomic E-state index is 12.6. The van der Waals surface area contributed by atoms with E-state index in [0.717, 1.165) is 42.8 Å². The fraction of sp³-hybridized carbons (Fsp3) is 0.400. The molecule has 25 heavy (non-hydrogen) atoms. The van der Waals surface area contributed by atoms with Crippen LogP contribution in [0.25, 0.3) is 0 Å². The molecule has 2 aromatic rings. The Kier molecular flexibility index (Phi) is 4.12. The summed E-state index contributed by atoms with van der Waals surface area (Å²) >= 11 is 1.53. The van der Waals surface area contributed by atoms with Gasteiger partial charge in [0.25, 0.3) is 11.8 Å². The fourth-order valence-corrected chi connectivity index (χ4v) is 4.72. The molecule has 1 atom stereocenters. The predicted octanol–water partition coefficient (Wildman–Crippen LogP) is 3.48. The first kappa shape index (κ1) is 16.3. The Bertz CT molecular complexity index is 791. The second-order valence-electron chi connectivity index (χ2n) is 7.18. The molecular formula is C20H22N2O2S. The average Bonchev–Trinajstić information content (AvgIpc) is 3.09. The maximum Gasteiger partial charge on any atom is 0.264 e. The Balaban J connectivity index is 1.33. The maximum absolute atomic E-state index is 12.6. The Labute approximate surface area is 151 Å². The van der Waals surface area contributed by atoms with Crippen molar-refractivity contribution >= 4 is 23.2 Å². The molecule has 5 heteroatoms. The number of carbonyl (C=O) groups is 2. The Hall–Kier alpha value is -2.14. The van der Waals surface area contributed by atoms with Crippen molar-refractivity contribution in [1.29, 1.82) is 0 Å². The van der Waals surface area contributed by atoms with Gasteiger partial charge in [-0.2, -0.15) is 0 Å². The summed E-state index contributed by atoms with van der Waals surface area (Å²) in [6.07, 6.45) is 2.98. The fourth-order valence-electron chi connectivity index (χ4n) is 3.83. The van der Waals surface area contributed by atoms with E-state index in [2.05, 4.69) is 5.32 Å². The Morgan fingerprint density at radius 2 is 1.88 bits per heavy atom. The number of carbonyl (C=O) groups excluding carboxylic acids is 2. The summed E-state index contributed by atoms with van der Waals surface area (Å²) in [5.41, 5.74) is 1.98. The number of amides is 2. The van der Waals surface area contributed by atoms with Gasteiger partial charge in [0.2, 0.25) is 0 Å². The van der Waals surface area contributed by atoms with Crippen molar-refractivity contribution < 1.29 is 9.59 Å². The van der Waals surface area contributed by atoms with Crippen LogP contribution in [0.15, 0.2) is 41.8 Å². The summed E-state index contributed by atoms with van der Waals surface area (Å²) < 4.78 is 0. The molecule has 1 unspecified atom stereocenters. The molecule has 1 saturated carbocycles. The van der Waals surface area contributed by atoms with E-state index in [-0.39, 0.29) is 23.3 Å². The normalized spacial score (nSPS) is 21.2. The van der Waals surface area contributed by atoms with Crippen molar-refractivity contribution in [3.05, 3.63) is 57.8 Å². The third-order valence-electron chi connectivity index (χ3n) is 5.63. The van der Waals surface area contributed by atoms with Gasteiger partial charge in [-0.15, -0.1) is 11.3 Å². The number of hydrogen-bond acceptors (Lipinski definition) is 3. The van der Waals surface area contributed by atoms with Crippen LogP contribution in [0.2, 0.25) is 0 Å². The van der Waals surface area contributed by atoms with Gasteiger partial charge < -0.3 is 10.2 Å². The zero-order valence-electron chi connectivity index (χ0n) is 14.3. The molecule has 4 rings (SSSR count). The third kappa shape index (κ3) is 3.09. The number of nitrogens with zero attached hydrogens (tertiary/aromatic N) is 1. The molecule has 2 aliphatic rings. The molecule has 1 aliphatic carbocycles. The summed E-state index contributed by atoms with van der Waals surface area (Å²) in [5, 5.41) is 5.15. The van der Waals surface area contributed by atoms with Crippen LogP contribution < -0.4 is 5.32 Å². The summed E-state index contributed by atoms with van der Waals surface area (Å²) in [6.45, 7) is 3.56. The van der Waals surface area contributed by atoms with Crippen molar-refractivity contribution in [2.24, 2.45) is 5.41 Å². The van der Waals surface area contributed by atoms with Gasteiger partial charge in [-0.25, -0.2) is 0 Å². The second-order valence-corrected chi connectivity index (χ2v) is 8.10. The highest BCUT2D eigenvalue weighted by Crippen LogP contribution is 2.54. The Morgan fingerprint density at radius 3 is 2.52 bits per heavy atom. The standard InChI is InChI=1S/C20H22N2O2S/c1-14-7-12-25-17(14)19(24)22-10-8-20(9-11-22)13-16(20)21-18(23)15-5-3-2-4-6-15/h2-7,12,16H,8-11,13H2,1H3,(H,21,23). The molecule has 1 aliphatic heterocycles. The average molecular weight is 354 g/mol. The van der Waals surface area contributed by atoms with Crippen LogP contribution in [-0.4, -0.2) is 35.8 Å². The number of hydrogen-bond donors (Lipinski definition) is 1. The van der Waals surface area contributed by atoms with Gasteiger partial charge in [0.05, 0.1) is 4.88 Å². The van der Waals surface area contributed by atoms with Crippen LogP contribution in [0.4, 0.5) is 0 Å². The number of rotatable bonds is 3. The number of benzene rings is 1. The van der Waals surface area contributed by atoms with Crippen LogP contribution in [0.5, 0.6) is 0 Å². The molecule has 0 bridgehead atoms. The minimum atomic E-state index is 0.00944. The molecule has 1 saturated heterocycles. The molecule has 2 amide bonds. The van der Waals surface area contributed by atoms with E-state index in [0.29, 0.717) is 5.56 Å². The lowest BCUT2D eigenvalue weighted by molar-refractivity contribution is 0.0672. The van der Waals surface area contributed by atoms with Crippen molar-refractivity contribution in [2.75, 3.05) is 13.1 Å². The quantitative estimate of drug-likeness (QED) is 0.917. The zero-order valence-corrected chi connectivity index (χ0v) is 15.1. The SMILES string of the molecule is Cc1ccsc1C(=O)N1CCC2(CC1)CC2NC(=O)c1ccccc1. The topological polar surface area (TPSA) is 49.4 Å². The highest BCUT2D eigenvalue weighted by atomic mass is 32.1. The van der Waals surface area contributed by atoms with Gasteiger partial charge in [0.15, 0.2) is 0 Å². The largest absolute Gasteiger partial charge is 0.349 e. The summed E-state index contributed by atoms with van der Waals surface area (Å²) in [4.78, 5) is 27.8. The van der Waals surface area contributed by atoms with Gasteiger partial charge in [-0.3, -0.25) is 9.59 Å². The van der Waals surface area contributed by atoms with Crippen LogP contribution in [0.1, 0.15) is 44.9 Å². The van der Waals surface area contributed by atoms with Gasteiger partial charge >= 0.3 is 0 Å². The van der Waals surface area contributed by atoms with Crippen molar-refractivity contribution in [1.82, 2.24) is 10.2 Å². The minimum absolute atomic E-state index is 0.00944. The Morgan fingerprint density at radius 1 is 1.16 bits per heavy atom. The first-order valence-electron chi connectivity index (χ1n) is 8.78. The second kappa shape index (κ2) is 6.30. The molecule has 1 spiro atoms. The molecule has 1 aromatic carbocycles. The lowest BCUT2D eigenvalue weighted by Gasteiger charge is -2.33. The van der Waals surface area contributed by atoms with Crippen LogP contribution >= 0.6 is 11.3 Å². The lowest BCUT2D eigenvalue weighted by Crippen LogP contribution is -2.41. The number of thiophene rings is 1. The van der Waals surface area contributed by atoms with Crippen LogP contribution in [0.3, 0.4) is 0 Å². The van der Waals surface area contributed by atoms with Gasteiger partial charge in [0, 0.05) is 24.7 Å². The number of nitrogens with one attached hydrogen (secondary N) is 1. The number of piperidine rings is 1. The van der Waals surface area contributed by atoms with E-state index < -0.39 is 0 Å². The lowest BCUT2D eigenvalue weighted by atomic mass is 9.92. The molecule has 130 valence electrons. The van der Waals surface area contributed by atoms with Crippen molar-refractivity contribution in [2.45, 2.75) is 32.2 Å². The molecule has 1 N–H and O–H groups in total. The van der Waals surface area contributed by atoms with Gasteiger partial charge in [-0.1, -0.05) is 18.2 Å². The molecule has 0 radical (unpaired) electrons. The smallest absolute Gasteiger partial charge is 0.264 e. The van der Waals surface area contributed by atoms with Crippen molar-refractivity contribution in [3.63, 3.8) is 0 Å². The van der Waals surface area contributed by atoms with E-state index >= 15 is 0 Å². The highest BCUT2D eigenvalue weighted by molar-refractivity contribution is 7.12.